The van der Waals surface area contributed by atoms with E-state index in [2.05, 4.69) is 27.6 Å². The summed E-state index contributed by atoms with van der Waals surface area (Å²) in [6.07, 6.45) is 5.43. The van der Waals surface area contributed by atoms with E-state index in [9.17, 15) is 8.42 Å². The molecule has 2 rings (SSSR count). The predicted molar refractivity (Wildman–Crippen MR) is 83.1 cm³/mol. The lowest BCUT2D eigenvalue weighted by molar-refractivity contribution is 0.301. The molecule has 0 aliphatic heterocycles. The van der Waals surface area contributed by atoms with Gasteiger partial charge in [-0.2, -0.15) is 0 Å². The third-order valence-electron chi connectivity index (χ3n) is 3.78. The van der Waals surface area contributed by atoms with Gasteiger partial charge in [0.2, 0.25) is 10.0 Å². The fourth-order valence-electron chi connectivity index (χ4n) is 2.61. The second kappa shape index (κ2) is 6.24. The SMILES string of the molecule is CCC1CCCC(NS(=O)(=O)c2cc(C)c(Br)s2)C1. The van der Waals surface area contributed by atoms with Crippen LogP contribution in [0.5, 0.6) is 0 Å². The van der Waals surface area contributed by atoms with Gasteiger partial charge in [0.15, 0.2) is 0 Å². The molecule has 108 valence electrons. The normalized spacial score (nSPS) is 24.6. The Morgan fingerprint density at radius 2 is 2.21 bits per heavy atom. The highest BCUT2D eigenvalue weighted by Crippen LogP contribution is 2.32. The molecule has 1 aliphatic carbocycles. The number of sulfonamides is 1. The van der Waals surface area contributed by atoms with Crippen LogP contribution in [0.25, 0.3) is 0 Å². The average molecular weight is 366 g/mol. The van der Waals surface area contributed by atoms with E-state index in [0.29, 0.717) is 10.1 Å². The molecule has 3 nitrogen and oxygen atoms in total. The Labute approximate surface area is 128 Å². The third-order valence-corrected chi connectivity index (χ3v) is 7.91. The molecule has 0 spiro atoms. The van der Waals surface area contributed by atoms with Gasteiger partial charge in [-0.3, -0.25) is 0 Å². The van der Waals surface area contributed by atoms with E-state index in [1.54, 1.807) is 6.07 Å². The number of aryl methyl sites for hydroxylation is 1. The van der Waals surface area contributed by atoms with Crippen LogP contribution < -0.4 is 4.72 Å². The van der Waals surface area contributed by atoms with Gasteiger partial charge in [0.1, 0.15) is 4.21 Å². The molecule has 1 saturated carbocycles. The molecule has 0 aromatic carbocycles. The maximum absolute atomic E-state index is 12.3. The number of hydrogen-bond donors (Lipinski definition) is 1. The van der Waals surface area contributed by atoms with Crippen molar-refractivity contribution in [2.45, 2.75) is 56.2 Å². The molecule has 1 fully saturated rings. The van der Waals surface area contributed by atoms with Gasteiger partial charge in [-0.25, -0.2) is 13.1 Å². The van der Waals surface area contributed by atoms with E-state index in [1.165, 1.54) is 17.8 Å². The highest BCUT2D eigenvalue weighted by Gasteiger charge is 2.26. The minimum absolute atomic E-state index is 0.102. The number of halogens is 1. The van der Waals surface area contributed by atoms with Crippen LogP contribution in [0.2, 0.25) is 0 Å². The summed E-state index contributed by atoms with van der Waals surface area (Å²) in [5.41, 5.74) is 0.973. The van der Waals surface area contributed by atoms with Gasteiger partial charge in [0.25, 0.3) is 0 Å². The zero-order chi connectivity index (χ0) is 14.0. The van der Waals surface area contributed by atoms with Crippen molar-refractivity contribution in [2.24, 2.45) is 5.92 Å². The highest BCUT2D eigenvalue weighted by molar-refractivity contribution is 9.11. The molecule has 1 N–H and O–H groups in total. The Hall–Kier alpha value is 0.0900. The summed E-state index contributed by atoms with van der Waals surface area (Å²) in [6.45, 7) is 4.09. The van der Waals surface area contributed by atoms with Crippen LogP contribution >= 0.6 is 27.3 Å². The van der Waals surface area contributed by atoms with E-state index >= 15 is 0 Å². The first-order valence-corrected chi connectivity index (χ1v) is 9.80. The van der Waals surface area contributed by atoms with E-state index < -0.39 is 10.0 Å². The van der Waals surface area contributed by atoms with Crippen molar-refractivity contribution in [1.29, 1.82) is 0 Å². The van der Waals surface area contributed by atoms with Crippen molar-refractivity contribution in [2.75, 3.05) is 0 Å². The van der Waals surface area contributed by atoms with Crippen LogP contribution in [0, 0.1) is 12.8 Å². The minimum Gasteiger partial charge on any atom is -0.207 e. The lowest BCUT2D eigenvalue weighted by Gasteiger charge is -2.28. The van der Waals surface area contributed by atoms with Crippen LogP contribution in [0.1, 0.15) is 44.6 Å². The zero-order valence-electron chi connectivity index (χ0n) is 11.3. The molecular formula is C13H20BrNO2S2. The van der Waals surface area contributed by atoms with E-state index in [1.807, 2.05) is 6.92 Å². The first-order valence-electron chi connectivity index (χ1n) is 6.70. The monoisotopic (exact) mass is 365 g/mol. The smallest absolute Gasteiger partial charge is 0.207 e. The second-order valence-corrected chi connectivity index (χ2v) is 9.59. The summed E-state index contributed by atoms with van der Waals surface area (Å²) in [5.74, 6) is 0.665. The molecule has 0 bridgehead atoms. The Balaban J connectivity index is 2.08. The van der Waals surface area contributed by atoms with Crippen LogP contribution in [0.15, 0.2) is 14.1 Å². The molecule has 6 heteroatoms. The zero-order valence-corrected chi connectivity index (χ0v) is 14.5. The fourth-order valence-corrected chi connectivity index (χ4v) is 6.14. The molecule has 0 saturated heterocycles. The quantitative estimate of drug-likeness (QED) is 0.873. The summed E-state index contributed by atoms with van der Waals surface area (Å²) in [7, 11) is -3.35. The Bertz CT molecular complexity index is 519. The topological polar surface area (TPSA) is 46.2 Å². The van der Waals surface area contributed by atoms with E-state index in [0.717, 1.165) is 35.0 Å². The van der Waals surface area contributed by atoms with Crippen LogP contribution in [-0.4, -0.2) is 14.5 Å². The van der Waals surface area contributed by atoms with Gasteiger partial charge in [-0.15, -0.1) is 11.3 Å². The Morgan fingerprint density at radius 3 is 2.79 bits per heavy atom. The second-order valence-electron chi connectivity index (χ2n) is 5.28. The number of hydrogen-bond acceptors (Lipinski definition) is 3. The first-order chi connectivity index (χ1) is 8.92. The molecule has 2 unspecified atom stereocenters. The molecule has 0 radical (unpaired) electrons. The minimum atomic E-state index is -3.35. The van der Waals surface area contributed by atoms with Crippen LogP contribution in [0.4, 0.5) is 0 Å². The van der Waals surface area contributed by atoms with Crippen molar-refractivity contribution in [3.63, 3.8) is 0 Å². The summed E-state index contributed by atoms with van der Waals surface area (Å²) in [6, 6.07) is 1.84. The molecule has 0 amide bonds. The lowest BCUT2D eigenvalue weighted by atomic mass is 9.85. The van der Waals surface area contributed by atoms with E-state index in [4.69, 9.17) is 0 Å². The molecule has 1 aromatic rings. The van der Waals surface area contributed by atoms with Crippen molar-refractivity contribution < 1.29 is 8.42 Å². The molecule has 1 aliphatic rings. The van der Waals surface area contributed by atoms with Crippen molar-refractivity contribution >= 4 is 37.3 Å². The van der Waals surface area contributed by atoms with Gasteiger partial charge >= 0.3 is 0 Å². The Morgan fingerprint density at radius 1 is 1.47 bits per heavy atom. The average Bonchev–Trinajstić information content (AvgIpc) is 2.70. The van der Waals surface area contributed by atoms with E-state index in [-0.39, 0.29) is 6.04 Å². The molecule has 19 heavy (non-hydrogen) atoms. The summed E-state index contributed by atoms with van der Waals surface area (Å²) in [5, 5.41) is 0. The van der Waals surface area contributed by atoms with Crippen molar-refractivity contribution in [1.82, 2.24) is 4.72 Å². The van der Waals surface area contributed by atoms with Gasteiger partial charge in [0.05, 0.1) is 3.79 Å². The maximum atomic E-state index is 12.3. The summed E-state index contributed by atoms with van der Waals surface area (Å²) >= 11 is 4.66. The first kappa shape index (κ1) is 15.5. The standard InChI is InChI=1S/C13H20BrNO2S2/c1-3-10-5-4-6-11(8-10)15-19(16,17)12-7-9(2)13(14)18-12/h7,10-11,15H,3-6,8H2,1-2H3. The van der Waals surface area contributed by atoms with Crippen LogP contribution in [-0.2, 0) is 10.0 Å². The molecular weight excluding hydrogens is 346 g/mol. The third kappa shape index (κ3) is 3.80. The molecule has 1 aromatic heterocycles. The van der Waals surface area contributed by atoms with Gasteiger partial charge in [-0.05, 0) is 53.2 Å². The van der Waals surface area contributed by atoms with Gasteiger partial charge in [-0.1, -0.05) is 26.2 Å². The van der Waals surface area contributed by atoms with Crippen molar-refractivity contribution in [3.05, 3.63) is 15.4 Å². The summed E-state index contributed by atoms with van der Waals surface area (Å²) in [4.78, 5) is 0. The van der Waals surface area contributed by atoms with Gasteiger partial charge in [0, 0.05) is 6.04 Å². The Kier molecular flexibility index (Phi) is 5.09. The number of nitrogens with one attached hydrogen (secondary N) is 1. The number of thiophene rings is 1. The molecule has 1 heterocycles. The largest absolute Gasteiger partial charge is 0.250 e. The fraction of sp³-hybridized carbons (Fsp3) is 0.692. The van der Waals surface area contributed by atoms with Crippen molar-refractivity contribution in [3.8, 4) is 0 Å². The maximum Gasteiger partial charge on any atom is 0.250 e. The predicted octanol–water partition coefficient (Wildman–Crippen LogP) is 4.07. The lowest BCUT2D eigenvalue weighted by Crippen LogP contribution is -2.38. The number of rotatable bonds is 4. The van der Waals surface area contributed by atoms with Gasteiger partial charge < -0.3 is 0 Å². The molecule has 2 atom stereocenters. The highest BCUT2D eigenvalue weighted by atomic mass is 79.9. The van der Waals surface area contributed by atoms with Crippen LogP contribution in [0.3, 0.4) is 0 Å². The summed E-state index contributed by atoms with van der Waals surface area (Å²) < 4.78 is 28.9.